The first-order valence-electron chi connectivity index (χ1n) is 24.9. The second-order valence-corrected chi connectivity index (χ2v) is 18.8. The molecular formula is C70H46F2N2. The van der Waals surface area contributed by atoms with Gasteiger partial charge in [0.05, 0.1) is 22.7 Å². The van der Waals surface area contributed by atoms with Gasteiger partial charge in [-0.2, -0.15) is 0 Å². The van der Waals surface area contributed by atoms with Gasteiger partial charge in [-0.1, -0.05) is 218 Å². The molecule has 0 aliphatic heterocycles. The van der Waals surface area contributed by atoms with E-state index in [1.165, 1.54) is 21.5 Å². The van der Waals surface area contributed by atoms with Gasteiger partial charge in [-0.05, 0) is 104 Å². The second-order valence-electron chi connectivity index (χ2n) is 18.8. The number of hydrogen-bond donors (Lipinski definition) is 0. The molecule has 350 valence electrons. The SMILES string of the molecule is Fc1c2ccc(/C=C\c3ccc(N(c4cccc5ccccc45)c4cccc5ccccc45)cc3)cc2c(F)c2ccc(/C=C\c3ccc(N(c4cccc5ccccc45)c4cccc5ccccc45)cc3)cc12. The van der Waals surface area contributed by atoms with E-state index in [2.05, 4.69) is 228 Å². The Balaban J connectivity index is 0.772. The molecule has 13 aromatic carbocycles. The summed E-state index contributed by atoms with van der Waals surface area (Å²) < 4.78 is 32.9. The van der Waals surface area contributed by atoms with Crippen LogP contribution in [0.25, 0.3) is 88.9 Å². The summed E-state index contributed by atoms with van der Waals surface area (Å²) in [7, 11) is 0. The van der Waals surface area contributed by atoms with E-state index in [1.807, 2.05) is 36.4 Å². The lowest BCUT2D eigenvalue weighted by Crippen LogP contribution is -2.11. The molecule has 0 bridgehead atoms. The second kappa shape index (κ2) is 18.8. The predicted molar refractivity (Wildman–Crippen MR) is 312 cm³/mol. The van der Waals surface area contributed by atoms with Crippen LogP contribution in [0.3, 0.4) is 0 Å². The molecule has 0 unspecified atom stereocenters. The fraction of sp³-hybridized carbons (Fsp3) is 0. The zero-order valence-corrected chi connectivity index (χ0v) is 40.2. The van der Waals surface area contributed by atoms with Crippen molar-refractivity contribution in [3.05, 3.63) is 289 Å². The lowest BCUT2D eigenvalue weighted by Gasteiger charge is -2.28. The minimum atomic E-state index is -0.439. The third-order valence-electron chi connectivity index (χ3n) is 14.3. The highest BCUT2D eigenvalue weighted by molar-refractivity contribution is 6.07. The molecular weight excluding hydrogens is 907 g/mol. The van der Waals surface area contributed by atoms with E-state index in [9.17, 15) is 0 Å². The number of nitrogens with zero attached hydrogens (tertiary/aromatic N) is 2. The van der Waals surface area contributed by atoms with Crippen LogP contribution in [-0.4, -0.2) is 0 Å². The Morgan fingerprint density at radius 1 is 0.230 bits per heavy atom. The topological polar surface area (TPSA) is 6.48 Å². The van der Waals surface area contributed by atoms with E-state index in [-0.39, 0.29) is 21.5 Å². The van der Waals surface area contributed by atoms with Gasteiger partial charge < -0.3 is 9.80 Å². The van der Waals surface area contributed by atoms with Crippen molar-refractivity contribution in [2.75, 3.05) is 9.80 Å². The lowest BCUT2D eigenvalue weighted by atomic mass is 9.98. The van der Waals surface area contributed by atoms with E-state index in [0.29, 0.717) is 0 Å². The van der Waals surface area contributed by atoms with Crippen LogP contribution in [0.1, 0.15) is 22.3 Å². The van der Waals surface area contributed by atoms with Crippen molar-refractivity contribution in [2.45, 2.75) is 0 Å². The molecule has 74 heavy (non-hydrogen) atoms. The van der Waals surface area contributed by atoms with E-state index in [1.54, 1.807) is 24.3 Å². The van der Waals surface area contributed by atoms with E-state index < -0.39 is 11.6 Å². The number of benzene rings is 13. The Bertz CT molecular complexity index is 3880. The number of rotatable bonds is 10. The highest BCUT2D eigenvalue weighted by Crippen LogP contribution is 2.44. The molecule has 0 amide bonds. The minimum absolute atomic E-state index is 0.247. The summed E-state index contributed by atoms with van der Waals surface area (Å²) >= 11 is 0. The normalized spacial score (nSPS) is 11.8. The summed E-state index contributed by atoms with van der Waals surface area (Å²) in [5.74, 6) is -0.878. The average Bonchev–Trinajstić information content (AvgIpc) is 3.46. The molecule has 0 heterocycles. The predicted octanol–water partition coefficient (Wildman–Crippen LogP) is 20.2. The molecule has 0 aromatic heterocycles. The van der Waals surface area contributed by atoms with Crippen LogP contribution in [0.2, 0.25) is 0 Å². The number of hydrogen-bond acceptors (Lipinski definition) is 2. The Morgan fingerprint density at radius 2 is 0.500 bits per heavy atom. The van der Waals surface area contributed by atoms with Crippen molar-refractivity contribution in [1.29, 1.82) is 0 Å². The smallest absolute Gasteiger partial charge is 0.139 e. The molecule has 0 atom stereocenters. The van der Waals surface area contributed by atoms with Crippen molar-refractivity contribution in [1.82, 2.24) is 0 Å². The number of fused-ring (bicyclic) bond motifs is 6. The van der Waals surface area contributed by atoms with Gasteiger partial charge in [-0.3, -0.25) is 0 Å². The maximum atomic E-state index is 16.5. The molecule has 0 N–H and O–H groups in total. The average molecular weight is 953 g/mol. The molecule has 4 heteroatoms. The monoisotopic (exact) mass is 952 g/mol. The first-order chi connectivity index (χ1) is 36.5. The van der Waals surface area contributed by atoms with Crippen molar-refractivity contribution >= 4 is 123 Å². The van der Waals surface area contributed by atoms with Gasteiger partial charge in [0.2, 0.25) is 0 Å². The molecule has 13 aromatic rings. The quantitative estimate of drug-likeness (QED) is 0.0996. The van der Waals surface area contributed by atoms with Gasteiger partial charge in [-0.25, -0.2) is 8.78 Å². The minimum Gasteiger partial charge on any atom is -0.309 e. The molecule has 13 rings (SSSR count). The fourth-order valence-corrected chi connectivity index (χ4v) is 10.7. The molecule has 0 aliphatic rings. The van der Waals surface area contributed by atoms with Crippen LogP contribution in [0.4, 0.5) is 42.9 Å². The molecule has 0 aliphatic carbocycles. The van der Waals surface area contributed by atoms with Crippen molar-refractivity contribution in [3.8, 4) is 0 Å². The summed E-state index contributed by atoms with van der Waals surface area (Å²) in [6.07, 6.45) is 7.93. The first-order valence-corrected chi connectivity index (χ1v) is 24.9. The third-order valence-corrected chi connectivity index (χ3v) is 14.3. The van der Waals surface area contributed by atoms with Gasteiger partial charge in [0.15, 0.2) is 0 Å². The zero-order chi connectivity index (χ0) is 49.5. The van der Waals surface area contributed by atoms with Crippen LogP contribution in [-0.2, 0) is 0 Å². The van der Waals surface area contributed by atoms with Gasteiger partial charge in [0.1, 0.15) is 11.6 Å². The Labute approximate surface area is 428 Å². The summed E-state index contributed by atoms with van der Waals surface area (Å²) in [6.45, 7) is 0. The Kier molecular flexibility index (Phi) is 11.3. The Hall–Kier alpha value is -9.64. The number of halogens is 2. The first kappa shape index (κ1) is 44.3. The van der Waals surface area contributed by atoms with Gasteiger partial charge >= 0.3 is 0 Å². The van der Waals surface area contributed by atoms with Gasteiger partial charge in [0.25, 0.3) is 0 Å². The molecule has 0 radical (unpaired) electrons. The maximum absolute atomic E-state index is 16.5. The van der Waals surface area contributed by atoms with E-state index >= 15 is 8.78 Å². The molecule has 0 fully saturated rings. The summed E-state index contributed by atoms with van der Waals surface area (Å²) in [4.78, 5) is 4.66. The Morgan fingerprint density at radius 3 is 0.824 bits per heavy atom. The van der Waals surface area contributed by atoms with E-state index in [4.69, 9.17) is 0 Å². The van der Waals surface area contributed by atoms with Crippen LogP contribution in [0.5, 0.6) is 0 Å². The van der Waals surface area contributed by atoms with E-state index in [0.717, 1.165) is 77.9 Å². The van der Waals surface area contributed by atoms with Crippen LogP contribution in [0, 0.1) is 11.6 Å². The molecule has 0 spiro atoms. The van der Waals surface area contributed by atoms with Crippen LogP contribution in [0.15, 0.2) is 255 Å². The largest absolute Gasteiger partial charge is 0.309 e. The summed E-state index contributed by atoms with van der Waals surface area (Å²) in [6, 6.07) is 87.1. The zero-order valence-electron chi connectivity index (χ0n) is 40.2. The number of anilines is 6. The molecule has 0 saturated carbocycles. The lowest BCUT2D eigenvalue weighted by molar-refractivity contribution is 0.635. The summed E-state index contributed by atoms with van der Waals surface area (Å²) in [5, 5.41) is 10.3. The fourth-order valence-electron chi connectivity index (χ4n) is 10.7. The van der Waals surface area contributed by atoms with Gasteiger partial charge in [-0.15, -0.1) is 0 Å². The van der Waals surface area contributed by atoms with Crippen molar-refractivity contribution in [3.63, 3.8) is 0 Å². The van der Waals surface area contributed by atoms with Crippen molar-refractivity contribution in [2.24, 2.45) is 0 Å². The standard InChI is InChI=1S/C70H46F2N2/c71-69-62-44-38-50(32-30-48-35-41-56(42-36-48)74(67-27-11-19-53-15-3-7-23-59(53)67)68-28-12-20-54-16-4-8-24-60(54)68)46-64(62)70(72)61-43-37-49(45-63(61)69)31-29-47-33-39-55(40-34-47)73(65-25-9-17-51-13-1-5-21-57(51)65)66-26-10-18-52-14-2-6-22-58(52)66/h1-46H/b31-29-,32-30-. The molecule has 2 nitrogen and oxygen atoms in total. The van der Waals surface area contributed by atoms with Gasteiger partial charge in [0, 0.05) is 54.5 Å². The highest BCUT2D eigenvalue weighted by Gasteiger charge is 2.20. The maximum Gasteiger partial charge on any atom is 0.139 e. The van der Waals surface area contributed by atoms with Crippen LogP contribution >= 0.6 is 0 Å². The third kappa shape index (κ3) is 8.09. The van der Waals surface area contributed by atoms with Crippen LogP contribution < -0.4 is 9.80 Å². The summed E-state index contributed by atoms with van der Waals surface area (Å²) in [5.41, 5.74) is 9.92. The molecule has 0 saturated heterocycles. The van der Waals surface area contributed by atoms with Crippen molar-refractivity contribution < 1.29 is 8.78 Å². The highest BCUT2D eigenvalue weighted by atomic mass is 19.1.